The largest absolute Gasteiger partial charge is 0.443 e. The molecule has 19 heavy (non-hydrogen) atoms. The van der Waals surface area contributed by atoms with Gasteiger partial charge in [-0.25, -0.2) is 4.98 Å². The van der Waals surface area contributed by atoms with Gasteiger partial charge in [-0.15, -0.1) is 11.3 Å². The Morgan fingerprint density at radius 2 is 2.05 bits per heavy atom. The van der Waals surface area contributed by atoms with Gasteiger partial charge in [0.05, 0.1) is 0 Å². The first-order chi connectivity index (χ1) is 8.88. The zero-order valence-electron chi connectivity index (χ0n) is 11.5. The summed E-state index contributed by atoms with van der Waals surface area (Å²) in [5, 5.41) is 2.56. The minimum Gasteiger partial charge on any atom is -0.309 e. The molecule has 0 aliphatic rings. The predicted molar refractivity (Wildman–Crippen MR) is 72.2 cm³/mol. The van der Waals surface area contributed by atoms with E-state index in [1.54, 1.807) is 0 Å². The zero-order valence-corrected chi connectivity index (χ0v) is 12.4. The van der Waals surface area contributed by atoms with Crippen molar-refractivity contribution in [2.45, 2.75) is 52.3 Å². The van der Waals surface area contributed by atoms with Gasteiger partial charge in [0.25, 0.3) is 0 Å². The quantitative estimate of drug-likeness (QED) is 0.792. The Kier molecular flexibility index (Phi) is 6.26. The first-order valence-corrected chi connectivity index (χ1v) is 7.46. The summed E-state index contributed by atoms with van der Waals surface area (Å²) < 4.78 is 37.7. The van der Waals surface area contributed by atoms with Crippen molar-refractivity contribution in [1.82, 2.24) is 10.3 Å². The van der Waals surface area contributed by atoms with Crippen LogP contribution in [0.2, 0.25) is 0 Å². The van der Waals surface area contributed by atoms with E-state index in [9.17, 15) is 13.2 Å². The number of nitrogens with zero attached hydrogens (tertiary/aromatic N) is 1. The van der Waals surface area contributed by atoms with Gasteiger partial charge >= 0.3 is 6.18 Å². The lowest BCUT2D eigenvalue weighted by Crippen LogP contribution is -2.23. The highest BCUT2D eigenvalue weighted by atomic mass is 32.1. The fourth-order valence-electron chi connectivity index (χ4n) is 1.77. The van der Waals surface area contributed by atoms with E-state index < -0.39 is 11.2 Å². The summed E-state index contributed by atoms with van der Waals surface area (Å²) in [7, 11) is 0. The number of alkyl halides is 3. The van der Waals surface area contributed by atoms with Crippen LogP contribution < -0.4 is 5.32 Å². The molecule has 1 N–H and O–H groups in total. The molecule has 0 aliphatic heterocycles. The van der Waals surface area contributed by atoms with Gasteiger partial charge in [0.2, 0.25) is 0 Å². The van der Waals surface area contributed by atoms with Crippen molar-refractivity contribution >= 4 is 11.3 Å². The Morgan fingerprint density at radius 3 is 2.53 bits per heavy atom. The molecule has 1 aromatic heterocycles. The number of hydrogen-bond acceptors (Lipinski definition) is 3. The highest BCUT2D eigenvalue weighted by Crippen LogP contribution is 2.35. The van der Waals surface area contributed by atoms with Gasteiger partial charge in [-0.05, 0) is 25.3 Å². The first-order valence-electron chi connectivity index (χ1n) is 6.64. The van der Waals surface area contributed by atoms with Crippen LogP contribution in [0.1, 0.15) is 56.0 Å². The first kappa shape index (κ1) is 16.4. The van der Waals surface area contributed by atoms with Crippen molar-refractivity contribution in [1.29, 1.82) is 0 Å². The van der Waals surface area contributed by atoms with Crippen LogP contribution in [0.25, 0.3) is 0 Å². The molecule has 1 aromatic rings. The Hall–Kier alpha value is -0.620. The molecule has 0 fully saturated rings. The molecule has 0 saturated heterocycles. The van der Waals surface area contributed by atoms with Gasteiger partial charge in [0.1, 0.15) is 0 Å². The van der Waals surface area contributed by atoms with Gasteiger partial charge in [0, 0.05) is 17.1 Å². The molecule has 0 spiro atoms. The molecule has 2 unspecified atom stereocenters. The van der Waals surface area contributed by atoms with Crippen LogP contribution in [0, 0.1) is 5.92 Å². The lowest BCUT2D eigenvalue weighted by Gasteiger charge is -2.20. The van der Waals surface area contributed by atoms with Crippen molar-refractivity contribution in [3.63, 3.8) is 0 Å². The monoisotopic (exact) mass is 294 g/mol. The molecule has 0 amide bonds. The van der Waals surface area contributed by atoms with E-state index in [4.69, 9.17) is 0 Å². The molecule has 6 heteroatoms. The minimum atomic E-state index is -4.34. The fourth-order valence-corrected chi connectivity index (χ4v) is 2.64. The maximum absolute atomic E-state index is 12.6. The number of nitrogens with one attached hydrogen (secondary N) is 1. The topological polar surface area (TPSA) is 24.9 Å². The Labute approximate surface area is 116 Å². The molecular weight excluding hydrogens is 273 g/mol. The fraction of sp³-hybridized carbons (Fsp3) is 0.769. The molecule has 0 aromatic carbocycles. The maximum Gasteiger partial charge on any atom is 0.443 e. The normalized spacial score (nSPS) is 15.5. The molecule has 0 bridgehead atoms. The summed E-state index contributed by atoms with van der Waals surface area (Å²) >= 11 is 0.752. The van der Waals surface area contributed by atoms with E-state index in [-0.39, 0.29) is 6.04 Å². The SMILES string of the molecule is CCCNC(CC(C)CC)c1cnc(C(F)(F)F)s1. The third kappa shape index (κ3) is 5.10. The molecule has 1 rings (SSSR count). The Balaban J connectivity index is 2.81. The van der Waals surface area contributed by atoms with Crippen LogP contribution in [0.3, 0.4) is 0 Å². The van der Waals surface area contributed by atoms with Crippen LogP contribution in [-0.4, -0.2) is 11.5 Å². The number of hydrogen-bond donors (Lipinski definition) is 1. The lowest BCUT2D eigenvalue weighted by atomic mass is 9.98. The molecule has 2 atom stereocenters. The smallest absolute Gasteiger partial charge is 0.309 e. The van der Waals surface area contributed by atoms with Crippen molar-refractivity contribution in [3.05, 3.63) is 16.1 Å². The second kappa shape index (κ2) is 7.24. The number of thiazole rings is 1. The average molecular weight is 294 g/mol. The Bertz CT molecular complexity index is 376. The third-order valence-corrected chi connectivity index (χ3v) is 4.24. The van der Waals surface area contributed by atoms with Crippen LogP contribution in [-0.2, 0) is 6.18 Å². The number of aromatic nitrogens is 1. The molecular formula is C13H21F3N2S. The van der Waals surface area contributed by atoms with Gasteiger partial charge < -0.3 is 5.32 Å². The van der Waals surface area contributed by atoms with E-state index in [0.717, 1.165) is 37.1 Å². The zero-order chi connectivity index (χ0) is 14.5. The summed E-state index contributed by atoms with van der Waals surface area (Å²) in [4.78, 5) is 4.18. The van der Waals surface area contributed by atoms with Crippen LogP contribution >= 0.6 is 11.3 Å². The van der Waals surface area contributed by atoms with Crippen molar-refractivity contribution < 1.29 is 13.2 Å². The molecule has 2 nitrogen and oxygen atoms in total. The number of rotatable bonds is 7. The predicted octanol–water partition coefficient (Wildman–Crippen LogP) is 4.64. The average Bonchev–Trinajstić information content (AvgIpc) is 2.83. The van der Waals surface area contributed by atoms with E-state index in [1.807, 2.05) is 6.92 Å². The van der Waals surface area contributed by atoms with E-state index >= 15 is 0 Å². The minimum absolute atomic E-state index is 0.0245. The van der Waals surface area contributed by atoms with Crippen molar-refractivity contribution in [3.8, 4) is 0 Å². The standard InChI is InChI=1S/C13H21F3N2S/c1-4-6-17-10(7-9(3)5-2)11-8-18-12(19-11)13(14,15)16/h8-10,17H,4-7H2,1-3H3. The second-order valence-electron chi connectivity index (χ2n) is 4.82. The summed E-state index contributed by atoms with van der Waals surface area (Å²) in [6.07, 6.45) is -0.148. The Morgan fingerprint density at radius 1 is 1.37 bits per heavy atom. The number of halogens is 3. The van der Waals surface area contributed by atoms with Crippen LogP contribution in [0.4, 0.5) is 13.2 Å². The highest BCUT2D eigenvalue weighted by molar-refractivity contribution is 7.11. The van der Waals surface area contributed by atoms with Crippen LogP contribution in [0.5, 0.6) is 0 Å². The third-order valence-electron chi connectivity index (χ3n) is 3.09. The summed E-state index contributed by atoms with van der Waals surface area (Å²) in [5.74, 6) is 0.478. The maximum atomic E-state index is 12.6. The van der Waals surface area contributed by atoms with Gasteiger partial charge in [-0.3, -0.25) is 0 Å². The van der Waals surface area contributed by atoms with Crippen molar-refractivity contribution in [2.24, 2.45) is 5.92 Å². The van der Waals surface area contributed by atoms with Gasteiger partial charge in [-0.2, -0.15) is 13.2 Å². The molecule has 0 saturated carbocycles. The molecule has 0 aliphatic carbocycles. The van der Waals surface area contributed by atoms with Gasteiger partial charge in [-0.1, -0.05) is 27.2 Å². The molecule has 110 valence electrons. The van der Waals surface area contributed by atoms with E-state index in [0.29, 0.717) is 10.8 Å². The second-order valence-corrected chi connectivity index (χ2v) is 5.88. The molecule has 0 radical (unpaired) electrons. The lowest BCUT2D eigenvalue weighted by molar-refractivity contribution is -0.137. The van der Waals surface area contributed by atoms with Crippen molar-refractivity contribution in [2.75, 3.05) is 6.54 Å². The summed E-state index contributed by atoms with van der Waals surface area (Å²) in [5.41, 5.74) is 0. The summed E-state index contributed by atoms with van der Waals surface area (Å²) in [6.45, 7) is 7.06. The highest BCUT2D eigenvalue weighted by Gasteiger charge is 2.35. The summed E-state index contributed by atoms with van der Waals surface area (Å²) in [6, 6.07) is -0.0245. The van der Waals surface area contributed by atoms with E-state index in [2.05, 4.69) is 24.1 Å². The molecule has 1 heterocycles. The van der Waals surface area contributed by atoms with Gasteiger partial charge in [0.15, 0.2) is 5.01 Å². The van der Waals surface area contributed by atoms with E-state index in [1.165, 1.54) is 6.20 Å². The van der Waals surface area contributed by atoms with Crippen LogP contribution in [0.15, 0.2) is 6.20 Å².